The van der Waals surface area contributed by atoms with Gasteiger partial charge in [0, 0.05) is 23.1 Å². The molecule has 0 aliphatic rings. The van der Waals surface area contributed by atoms with E-state index in [2.05, 4.69) is 4.98 Å². The van der Waals surface area contributed by atoms with Crippen molar-refractivity contribution in [2.24, 2.45) is 5.73 Å². The third-order valence-electron chi connectivity index (χ3n) is 3.08. The Kier molecular flexibility index (Phi) is 3.58. The normalized spacial score (nSPS) is 10.7. The summed E-state index contributed by atoms with van der Waals surface area (Å²) in [6, 6.07) is 14.4. The highest BCUT2D eigenvalue weighted by molar-refractivity contribution is 7.13. The Balaban J connectivity index is 1.91. The number of aromatic nitrogens is 1. The van der Waals surface area contributed by atoms with E-state index in [0.717, 1.165) is 27.4 Å². The van der Waals surface area contributed by atoms with E-state index in [-0.39, 0.29) is 5.82 Å². The molecule has 2 N–H and O–H groups in total. The first-order chi connectivity index (χ1) is 9.76. The topological polar surface area (TPSA) is 38.9 Å². The van der Waals surface area contributed by atoms with Crippen LogP contribution in [-0.2, 0) is 6.54 Å². The molecule has 0 aliphatic heterocycles. The average molecular weight is 284 g/mol. The monoisotopic (exact) mass is 284 g/mol. The number of benzene rings is 2. The van der Waals surface area contributed by atoms with E-state index in [1.807, 2.05) is 29.6 Å². The van der Waals surface area contributed by atoms with E-state index in [0.29, 0.717) is 6.54 Å². The van der Waals surface area contributed by atoms with Gasteiger partial charge >= 0.3 is 0 Å². The van der Waals surface area contributed by atoms with E-state index >= 15 is 0 Å². The van der Waals surface area contributed by atoms with Crippen molar-refractivity contribution in [2.45, 2.75) is 6.54 Å². The van der Waals surface area contributed by atoms with Gasteiger partial charge in [-0.1, -0.05) is 24.3 Å². The fourth-order valence-corrected chi connectivity index (χ4v) is 2.78. The van der Waals surface area contributed by atoms with Crippen molar-refractivity contribution >= 4 is 11.3 Å². The molecule has 0 saturated heterocycles. The Morgan fingerprint density at radius 2 is 1.60 bits per heavy atom. The molecule has 0 unspecified atom stereocenters. The van der Waals surface area contributed by atoms with Crippen molar-refractivity contribution in [1.29, 1.82) is 0 Å². The summed E-state index contributed by atoms with van der Waals surface area (Å²) >= 11 is 1.56. The highest BCUT2D eigenvalue weighted by Crippen LogP contribution is 2.29. The lowest BCUT2D eigenvalue weighted by Crippen LogP contribution is -1.95. The van der Waals surface area contributed by atoms with E-state index in [4.69, 9.17) is 5.73 Å². The van der Waals surface area contributed by atoms with E-state index in [1.54, 1.807) is 23.5 Å². The molecule has 0 radical (unpaired) electrons. The quantitative estimate of drug-likeness (QED) is 0.787. The summed E-state index contributed by atoms with van der Waals surface area (Å²) in [4.78, 5) is 4.60. The second kappa shape index (κ2) is 5.53. The van der Waals surface area contributed by atoms with Gasteiger partial charge < -0.3 is 5.73 Å². The van der Waals surface area contributed by atoms with E-state index in [9.17, 15) is 4.39 Å². The first kappa shape index (κ1) is 13.0. The Morgan fingerprint density at radius 3 is 2.25 bits per heavy atom. The van der Waals surface area contributed by atoms with Crippen LogP contribution in [0.25, 0.3) is 21.8 Å². The molecule has 20 heavy (non-hydrogen) atoms. The van der Waals surface area contributed by atoms with Crippen LogP contribution >= 0.6 is 11.3 Å². The number of hydrogen-bond acceptors (Lipinski definition) is 3. The van der Waals surface area contributed by atoms with Crippen molar-refractivity contribution in [2.75, 3.05) is 0 Å². The summed E-state index contributed by atoms with van der Waals surface area (Å²) in [5, 5.41) is 2.90. The maximum absolute atomic E-state index is 12.9. The Bertz CT molecular complexity index is 702. The fourth-order valence-electron chi connectivity index (χ4n) is 1.94. The molecule has 0 spiro atoms. The Labute approximate surface area is 120 Å². The Morgan fingerprint density at radius 1 is 0.950 bits per heavy atom. The smallest absolute Gasteiger partial charge is 0.124 e. The standard InChI is InChI=1S/C16H13FN2S/c17-14-7-5-13(6-8-14)16-19-15(10-20-16)12-3-1-11(9-18)2-4-12/h1-8,10H,9,18H2. The fraction of sp³-hybridized carbons (Fsp3) is 0.0625. The number of halogens is 1. The van der Waals surface area contributed by atoms with Crippen molar-refractivity contribution in [3.8, 4) is 21.8 Å². The first-order valence-electron chi connectivity index (χ1n) is 6.27. The molecular formula is C16H13FN2S. The van der Waals surface area contributed by atoms with Crippen LogP contribution in [0, 0.1) is 5.82 Å². The van der Waals surface area contributed by atoms with Crippen LogP contribution in [0.3, 0.4) is 0 Å². The van der Waals surface area contributed by atoms with Crippen LogP contribution in [0.4, 0.5) is 4.39 Å². The molecule has 0 bridgehead atoms. The van der Waals surface area contributed by atoms with Gasteiger partial charge in [-0.15, -0.1) is 11.3 Å². The molecule has 3 aromatic rings. The third-order valence-corrected chi connectivity index (χ3v) is 3.97. The van der Waals surface area contributed by atoms with Crippen molar-refractivity contribution < 1.29 is 4.39 Å². The lowest BCUT2D eigenvalue weighted by molar-refractivity contribution is 0.628. The largest absolute Gasteiger partial charge is 0.326 e. The van der Waals surface area contributed by atoms with Gasteiger partial charge in [0.2, 0.25) is 0 Å². The molecule has 1 heterocycles. The lowest BCUT2D eigenvalue weighted by Gasteiger charge is -1.99. The molecule has 2 aromatic carbocycles. The second-order valence-electron chi connectivity index (χ2n) is 4.45. The summed E-state index contributed by atoms with van der Waals surface area (Å²) in [6.45, 7) is 0.540. The second-order valence-corrected chi connectivity index (χ2v) is 5.30. The van der Waals surface area contributed by atoms with Crippen LogP contribution < -0.4 is 5.73 Å². The maximum atomic E-state index is 12.9. The molecule has 4 heteroatoms. The van der Waals surface area contributed by atoms with Gasteiger partial charge in [0.15, 0.2) is 0 Å². The number of nitrogens with zero attached hydrogens (tertiary/aromatic N) is 1. The van der Waals surface area contributed by atoms with Gasteiger partial charge in [0.1, 0.15) is 10.8 Å². The predicted molar refractivity (Wildman–Crippen MR) is 80.8 cm³/mol. The predicted octanol–water partition coefficient (Wildman–Crippen LogP) is 4.07. The molecule has 100 valence electrons. The van der Waals surface area contributed by atoms with E-state index in [1.165, 1.54) is 12.1 Å². The maximum Gasteiger partial charge on any atom is 0.124 e. The number of hydrogen-bond donors (Lipinski definition) is 1. The molecule has 3 rings (SSSR count). The summed E-state index contributed by atoms with van der Waals surface area (Å²) in [5.74, 6) is -0.233. The average Bonchev–Trinajstić information content (AvgIpc) is 2.98. The number of nitrogens with two attached hydrogens (primary N) is 1. The van der Waals surface area contributed by atoms with Crippen molar-refractivity contribution in [3.63, 3.8) is 0 Å². The van der Waals surface area contributed by atoms with Crippen LogP contribution in [0.5, 0.6) is 0 Å². The molecular weight excluding hydrogens is 271 g/mol. The molecule has 0 aliphatic carbocycles. The van der Waals surface area contributed by atoms with Crippen LogP contribution in [0.15, 0.2) is 53.9 Å². The lowest BCUT2D eigenvalue weighted by atomic mass is 10.1. The third kappa shape index (κ3) is 2.61. The zero-order valence-corrected chi connectivity index (χ0v) is 11.5. The van der Waals surface area contributed by atoms with Gasteiger partial charge in [-0.05, 0) is 29.8 Å². The van der Waals surface area contributed by atoms with Crippen molar-refractivity contribution in [3.05, 3.63) is 65.3 Å². The highest BCUT2D eigenvalue weighted by Gasteiger charge is 2.06. The molecule has 2 nitrogen and oxygen atoms in total. The number of thiazole rings is 1. The zero-order valence-electron chi connectivity index (χ0n) is 10.7. The Hall–Kier alpha value is -2.04. The minimum atomic E-state index is -0.233. The number of rotatable bonds is 3. The molecule has 1 aromatic heterocycles. The van der Waals surface area contributed by atoms with Gasteiger partial charge in [-0.25, -0.2) is 9.37 Å². The van der Waals surface area contributed by atoms with Crippen LogP contribution in [0.1, 0.15) is 5.56 Å². The molecule has 0 saturated carbocycles. The van der Waals surface area contributed by atoms with Crippen LogP contribution in [0.2, 0.25) is 0 Å². The minimum Gasteiger partial charge on any atom is -0.326 e. The van der Waals surface area contributed by atoms with Crippen LogP contribution in [-0.4, -0.2) is 4.98 Å². The molecule has 0 amide bonds. The summed E-state index contributed by atoms with van der Waals surface area (Å²) in [7, 11) is 0. The van der Waals surface area contributed by atoms with E-state index < -0.39 is 0 Å². The van der Waals surface area contributed by atoms with Gasteiger partial charge in [-0.2, -0.15) is 0 Å². The van der Waals surface area contributed by atoms with Gasteiger partial charge in [0.05, 0.1) is 5.69 Å². The van der Waals surface area contributed by atoms with Gasteiger partial charge in [-0.3, -0.25) is 0 Å². The summed E-state index contributed by atoms with van der Waals surface area (Å²) in [5.41, 5.74) is 9.61. The van der Waals surface area contributed by atoms with Crippen molar-refractivity contribution in [1.82, 2.24) is 4.98 Å². The molecule has 0 fully saturated rings. The minimum absolute atomic E-state index is 0.233. The molecule has 0 atom stereocenters. The summed E-state index contributed by atoms with van der Waals surface area (Å²) < 4.78 is 12.9. The zero-order chi connectivity index (χ0) is 13.9. The summed E-state index contributed by atoms with van der Waals surface area (Å²) in [6.07, 6.45) is 0. The first-order valence-corrected chi connectivity index (χ1v) is 7.15. The van der Waals surface area contributed by atoms with Gasteiger partial charge in [0.25, 0.3) is 0 Å². The SMILES string of the molecule is NCc1ccc(-c2csc(-c3ccc(F)cc3)n2)cc1. The highest BCUT2D eigenvalue weighted by atomic mass is 32.1.